The lowest BCUT2D eigenvalue weighted by Gasteiger charge is -2.31. The fourth-order valence-corrected chi connectivity index (χ4v) is 4.30. The number of alkyl carbamates (subject to hydrolysis) is 1. The van der Waals surface area contributed by atoms with E-state index in [0.29, 0.717) is 6.04 Å². The molecule has 122 valence electrons. The highest BCUT2D eigenvalue weighted by Gasteiger charge is 2.26. The zero-order chi connectivity index (χ0) is 15.3. The predicted octanol–water partition coefficient (Wildman–Crippen LogP) is 3.31. The van der Waals surface area contributed by atoms with Crippen molar-refractivity contribution in [2.45, 2.75) is 82.2 Å². The minimum atomic E-state index is -0.421. The van der Waals surface area contributed by atoms with Crippen LogP contribution in [0.3, 0.4) is 0 Å². The molecule has 0 spiro atoms. The number of amides is 1. The molecule has 21 heavy (non-hydrogen) atoms. The maximum atomic E-state index is 11.8. The molecule has 0 aromatic rings. The van der Waals surface area contributed by atoms with Crippen molar-refractivity contribution in [3.63, 3.8) is 0 Å². The van der Waals surface area contributed by atoms with Crippen molar-refractivity contribution in [2.75, 3.05) is 12.3 Å². The van der Waals surface area contributed by atoms with Gasteiger partial charge in [-0.25, -0.2) is 4.79 Å². The van der Waals surface area contributed by atoms with Gasteiger partial charge in [-0.3, -0.25) is 0 Å². The molecule has 0 bridgehead atoms. The lowest BCUT2D eigenvalue weighted by Crippen LogP contribution is -2.46. The highest BCUT2D eigenvalue weighted by Crippen LogP contribution is 2.26. The number of carbonyl (C=O) groups is 1. The molecule has 1 saturated heterocycles. The number of hydrogen-bond donors (Lipinski definition) is 2. The number of thioether (sulfide) groups is 1. The van der Waals surface area contributed by atoms with E-state index in [2.05, 4.69) is 22.4 Å². The highest BCUT2D eigenvalue weighted by atomic mass is 32.2. The molecule has 1 heterocycles. The van der Waals surface area contributed by atoms with Crippen LogP contribution in [0.2, 0.25) is 0 Å². The number of rotatable bonds is 4. The predicted molar refractivity (Wildman–Crippen MR) is 88.9 cm³/mol. The first-order chi connectivity index (χ1) is 9.92. The van der Waals surface area contributed by atoms with E-state index in [1.807, 2.05) is 20.8 Å². The summed E-state index contributed by atoms with van der Waals surface area (Å²) in [5.41, 5.74) is -0.421. The van der Waals surface area contributed by atoms with Crippen molar-refractivity contribution >= 4 is 17.9 Å². The summed E-state index contributed by atoms with van der Waals surface area (Å²) < 4.78 is 5.34. The van der Waals surface area contributed by atoms with Crippen molar-refractivity contribution in [3.8, 4) is 0 Å². The first kappa shape index (κ1) is 16.9. The largest absolute Gasteiger partial charge is 0.444 e. The van der Waals surface area contributed by atoms with Gasteiger partial charge in [0.1, 0.15) is 5.60 Å². The third kappa shape index (κ3) is 6.47. The van der Waals surface area contributed by atoms with Crippen LogP contribution in [0, 0.1) is 0 Å². The second-order valence-electron chi connectivity index (χ2n) is 7.25. The Balaban J connectivity index is 1.68. The summed E-state index contributed by atoms with van der Waals surface area (Å²) in [5.74, 6) is 1.32. The summed E-state index contributed by atoms with van der Waals surface area (Å²) in [6.45, 7) is 6.82. The van der Waals surface area contributed by atoms with E-state index >= 15 is 0 Å². The summed E-state index contributed by atoms with van der Waals surface area (Å²) in [5, 5.41) is 7.52. The van der Waals surface area contributed by atoms with Crippen LogP contribution in [0.1, 0.15) is 59.3 Å². The van der Waals surface area contributed by atoms with Gasteiger partial charge in [0, 0.05) is 23.9 Å². The Bertz CT molecular complexity index is 338. The molecule has 3 unspecified atom stereocenters. The second kappa shape index (κ2) is 7.73. The van der Waals surface area contributed by atoms with Crippen LogP contribution in [-0.4, -0.2) is 41.3 Å². The molecule has 2 fully saturated rings. The SMILES string of the molecule is CC(C)(C)OC(=O)NC1CCCC(NCC2CCCS2)C1. The van der Waals surface area contributed by atoms with Gasteiger partial charge in [-0.15, -0.1) is 0 Å². The van der Waals surface area contributed by atoms with E-state index in [-0.39, 0.29) is 12.1 Å². The standard InChI is InChI=1S/C16H30N2O2S/c1-16(2,3)20-15(19)18-13-7-4-6-12(10-13)17-11-14-8-5-9-21-14/h12-14,17H,4-11H2,1-3H3,(H,18,19). The van der Waals surface area contributed by atoms with Crippen molar-refractivity contribution in [3.05, 3.63) is 0 Å². The first-order valence-electron chi connectivity index (χ1n) is 8.27. The molecule has 0 aromatic heterocycles. The molecule has 3 atom stereocenters. The number of carbonyl (C=O) groups excluding carboxylic acids is 1. The monoisotopic (exact) mass is 314 g/mol. The molecule has 2 N–H and O–H groups in total. The number of nitrogens with one attached hydrogen (secondary N) is 2. The fourth-order valence-electron chi connectivity index (χ4n) is 3.08. The minimum Gasteiger partial charge on any atom is -0.444 e. The van der Waals surface area contributed by atoms with Crippen LogP contribution in [0.15, 0.2) is 0 Å². The van der Waals surface area contributed by atoms with Crippen molar-refractivity contribution in [1.29, 1.82) is 0 Å². The van der Waals surface area contributed by atoms with Crippen LogP contribution in [0.5, 0.6) is 0 Å². The fraction of sp³-hybridized carbons (Fsp3) is 0.938. The van der Waals surface area contributed by atoms with Crippen LogP contribution < -0.4 is 10.6 Å². The highest BCUT2D eigenvalue weighted by molar-refractivity contribution is 8.00. The Kier molecular flexibility index (Phi) is 6.23. The van der Waals surface area contributed by atoms with Gasteiger partial charge in [-0.1, -0.05) is 0 Å². The van der Waals surface area contributed by atoms with E-state index < -0.39 is 5.60 Å². The molecule has 1 aliphatic carbocycles. The van der Waals surface area contributed by atoms with Crippen LogP contribution in [0.4, 0.5) is 4.79 Å². The number of hydrogen-bond acceptors (Lipinski definition) is 4. The van der Waals surface area contributed by atoms with Gasteiger partial charge in [0.05, 0.1) is 0 Å². The summed E-state index contributed by atoms with van der Waals surface area (Å²) in [7, 11) is 0. The number of ether oxygens (including phenoxy) is 1. The van der Waals surface area contributed by atoms with Crippen LogP contribution >= 0.6 is 11.8 Å². The average Bonchev–Trinajstić information content (AvgIpc) is 2.87. The van der Waals surface area contributed by atoms with Gasteiger partial charge in [0.2, 0.25) is 0 Å². The van der Waals surface area contributed by atoms with Crippen molar-refractivity contribution < 1.29 is 9.53 Å². The smallest absolute Gasteiger partial charge is 0.407 e. The zero-order valence-electron chi connectivity index (χ0n) is 13.6. The van der Waals surface area contributed by atoms with Gasteiger partial charge >= 0.3 is 6.09 Å². The summed E-state index contributed by atoms with van der Waals surface area (Å²) in [6.07, 6.45) is 6.93. The van der Waals surface area contributed by atoms with Crippen molar-refractivity contribution in [1.82, 2.24) is 10.6 Å². The zero-order valence-corrected chi connectivity index (χ0v) is 14.4. The van der Waals surface area contributed by atoms with Crippen LogP contribution in [0.25, 0.3) is 0 Å². The first-order valence-corrected chi connectivity index (χ1v) is 9.32. The van der Waals surface area contributed by atoms with Gasteiger partial charge in [0.25, 0.3) is 0 Å². The summed E-state index contributed by atoms with van der Waals surface area (Å²) in [4.78, 5) is 11.8. The molecule has 1 aliphatic heterocycles. The maximum absolute atomic E-state index is 11.8. The third-order valence-electron chi connectivity index (χ3n) is 4.05. The molecule has 0 radical (unpaired) electrons. The molecule has 0 aromatic carbocycles. The molecule has 1 amide bonds. The Labute approximate surface area is 133 Å². The van der Waals surface area contributed by atoms with E-state index in [4.69, 9.17) is 4.74 Å². The Morgan fingerprint density at radius 3 is 2.62 bits per heavy atom. The normalized spacial score (nSPS) is 30.1. The van der Waals surface area contributed by atoms with E-state index in [1.165, 1.54) is 31.4 Å². The van der Waals surface area contributed by atoms with E-state index in [1.54, 1.807) is 0 Å². The second-order valence-corrected chi connectivity index (χ2v) is 8.66. The van der Waals surface area contributed by atoms with Gasteiger partial charge in [-0.05, 0) is 65.0 Å². The third-order valence-corrected chi connectivity index (χ3v) is 5.45. The Hall–Kier alpha value is -0.420. The molecule has 1 saturated carbocycles. The Morgan fingerprint density at radius 1 is 1.19 bits per heavy atom. The van der Waals surface area contributed by atoms with Crippen molar-refractivity contribution in [2.24, 2.45) is 0 Å². The topological polar surface area (TPSA) is 50.4 Å². The van der Waals surface area contributed by atoms with Gasteiger partial charge in [0.15, 0.2) is 0 Å². The lowest BCUT2D eigenvalue weighted by molar-refractivity contribution is 0.0488. The van der Waals surface area contributed by atoms with Gasteiger partial charge < -0.3 is 15.4 Å². The maximum Gasteiger partial charge on any atom is 0.407 e. The molecular formula is C16H30N2O2S. The van der Waals surface area contributed by atoms with E-state index in [9.17, 15) is 4.79 Å². The van der Waals surface area contributed by atoms with E-state index in [0.717, 1.165) is 24.6 Å². The Morgan fingerprint density at radius 2 is 1.95 bits per heavy atom. The summed E-state index contributed by atoms with van der Waals surface area (Å²) in [6, 6.07) is 0.794. The molecule has 2 aliphatic rings. The summed E-state index contributed by atoms with van der Waals surface area (Å²) >= 11 is 2.10. The molecular weight excluding hydrogens is 284 g/mol. The molecule has 4 nitrogen and oxygen atoms in total. The van der Waals surface area contributed by atoms with Gasteiger partial charge in [-0.2, -0.15) is 11.8 Å². The molecule has 2 rings (SSSR count). The lowest BCUT2D eigenvalue weighted by atomic mass is 9.91. The quantitative estimate of drug-likeness (QED) is 0.836. The van der Waals surface area contributed by atoms with Crippen LogP contribution in [-0.2, 0) is 4.74 Å². The average molecular weight is 314 g/mol. The minimum absolute atomic E-state index is 0.252. The molecule has 5 heteroatoms.